The van der Waals surface area contributed by atoms with E-state index in [0.29, 0.717) is 0 Å². The molecule has 0 heterocycles. The van der Waals surface area contributed by atoms with Gasteiger partial charge >= 0.3 is 0 Å². The first-order chi connectivity index (χ1) is 8.72. The summed E-state index contributed by atoms with van der Waals surface area (Å²) in [5, 5.41) is 0.850. The van der Waals surface area contributed by atoms with Crippen LogP contribution in [0, 0.1) is 13.0 Å². The van der Waals surface area contributed by atoms with Crippen LogP contribution in [0.15, 0.2) is 36.4 Å². The van der Waals surface area contributed by atoms with Gasteiger partial charge in [0.15, 0.2) is 0 Å². The fraction of sp³-hybridized carbons (Fsp3) is 0.200. The summed E-state index contributed by atoms with van der Waals surface area (Å²) >= 11 is 3.42. The summed E-state index contributed by atoms with van der Waals surface area (Å²) in [6, 6.07) is 14.8. The molecule has 0 atom stereocenters. The maximum Gasteiger partial charge on any atom is 0.131 e. The number of alkyl halides is 1. The van der Waals surface area contributed by atoms with Gasteiger partial charge in [0.2, 0.25) is 0 Å². The van der Waals surface area contributed by atoms with Crippen LogP contribution in [0.3, 0.4) is 0 Å². The molecular weight excluding hydrogens is 292 g/mol. The van der Waals surface area contributed by atoms with E-state index in [1.807, 2.05) is 43.3 Å². The molecule has 1 radical (unpaired) electrons. The smallest absolute Gasteiger partial charge is 0.131 e. The first kappa shape index (κ1) is 13.0. The monoisotopic (exact) mass is 305 g/mol. The van der Waals surface area contributed by atoms with Crippen LogP contribution in [0.1, 0.15) is 11.1 Å². The van der Waals surface area contributed by atoms with Crippen molar-refractivity contribution < 1.29 is 9.47 Å². The van der Waals surface area contributed by atoms with Crippen molar-refractivity contribution in [3.63, 3.8) is 0 Å². The average molecular weight is 306 g/mol. The van der Waals surface area contributed by atoms with E-state index in [4.69, 9.17) is 9.47 Å². The zero-order valence-corrected chi connectivity index (χ0v) is 12.0. The second kappa shape index (κ2) is 5.91. The molecule has 0 aliphatic heterocycles. The van der Waals surface area contributed by atoms with Crippen molar-refractivity contribution in [3.8, 4) is 17.2 Å². The third-order valence-electron chi connectivity index (χ3n) is 2.59. The minimum absolute atomic E-state index is 0.717. The van der Waals surface area contributed by atoms with Gasteiger partial charge in [-0.3, -0.25) is 0 Å². The molecule has 0 spiro atoms. The second-order valence-electron chi connectivity index (χ2n) is 3.90. The topological polar surface area (TPSA) is 18.5 Å². The zero-order chi connectivity index (χ0) is 13.0. The fourth-order valence-electron chi connectivity index (χ4n) is 1.57. The van der Waals surface area contributed by atoms with Gasteiger partial charge in [-0.2, -0.15) is 0 Å². The predicted molar refractivity (Wildman–Crippen MR) is 75.7 cm³/mol. The number of ether oxygens (including phenoxy) is 2. The first-order valence-electron chi connectivity index (χ1n) is 5.62. The Bertz CT molecular complexity index is 521. The Morgan fingerprint density at radius 2 is 1.83 bits per heavy atom. The Morgan fingerprint density at radius 1 is 1.11 bits per heavy atom. The molecule has 0 aromatic heterocycles. The molecule has 0 amide bonds. The Morgan fingerprint density at radius 3 is 2.39 bits per heavy atom. The highest BCUT2D eigenvalue weighted by molar-refractivity contribution is 9.08. The molecule has 18 heavy (non-hydrogen) atoms. The molecule has 0 bridgehead atoms. The molecule has 0 N–H and O–H groups in total. The van der Waals surface area contributed by atoms with Crippen LogP contribution in [0.4, 0.5) is 0 Å². The molecule has 0 saturated heterocycles. The average Bonchev–Trinajstić information content (AvgIpc) is 2.42. The van der Waals surface area contributed by atoms with Gasteiger partial charge in [-0.15, -0.1) is 0 Å². The molecule has 2 aromatic carbocycles. The summed E-state index contributed by atoms with van der Waals surface area (Å²) in [5.41, 5.74) is 2.15. The third kappa shape index (κ3) is 3.05. The minimum Gasteiger partial charge on any atom is -0.496 e. The number of hydrogen-bond donors (Lipinski definition) is 0. The predicted octanol–water partition coefficient (Wildman–Crippen LogP) is 4.49. The first-order valence-corrected chi connectivity index (χ1v) is 6.74. The molecule has 0 fully saturated rings. The van der Waals surface area contributed by atoms with Crippen molar-refractivity contribution in [1.29, 1.82) is 0 Å². The Balaban J connectivity index is 2.17. The molecule has 2 aromatic rings. The zero-order valence-electron chi connectivity index (χ0n) is 10.4. The Hall–Kier alpha value is -1.48. The summed E-state index contributed by atoms with van der Waals surface area (Å²) in [4.78, 5) is 0. The summed E-state index contributed by atoms with van der Waals surface area (Å²) < 4.78 is 10.9. The molecule has 0 aliphatic rings. The van der Waals surface area contributed by atoms with Crippen molar-refractivity contribution in [1.82, 2.24) is 0 Å². The highest BCUT2D eigenvalue weighted by Gasteiger charge is 2.03. The van der Waals surface area contributed by atoms with E-state index in [-0.39, 0.29) is 0 Å². The van der Waals surface area contributed by atoms with Gasteiger partial charge in [0, 0.05) is 17.0 Å². The molecule has 2 rings (SSSR count). The van der Waals surface area contributed by atoms with Crippen LogP contribution in [0.5, 0.6) is 17.2 Å². The summed E-state index contributed by atoms with van der Waals surface area (Å²) in [7, 11) is 1.63. The number of benzene rings is 2. The normalized spacial score (nSPS) is 10.2. The van der Waals surface area contributed by atoms with Crippen LogP contribution >= 0.6 is 15.9 Å². The lowest BCUT2D eigenvalue weighted by atomic mass is 10.2. The summed E-state index contributed by atoms with van der Waals surface area (Å²) in [5.74, 6) is 2.33. The largest absolute Gasteiger partial charge is 0.496 e. The Labute approximate surface area is 116 Å². The van der Waals surface area contributed by atoms with Gasteiger partial charge in [0.25, 0.3) is 0 Å². The van der Waals surface area contributed by atoms with Crippen LogP contribution < -0.4 is 9.47 Å². The SMILES string of the molecule is COc1[c]c(C)c(Oc2ccc(CBr)cc2)cc1. The van der Waals surface area contributed by atoms with E-state index in [1.165, 1.54) is 5.56 Å². The van der Waals surface area contributed by atoms with Crippen molar-refractivity contribution in [3.05, 3.63) is 53.6 Å². The molecule has 2 nitrogen and oxygen atoms in total. The van der Waals surface area contributed by atoms with Crippen LogP contribution in [0.2, 0.25) is 0 Å². The maximum atomic E-state index is 5.81. The molecule has 93 valence electrons. The Kier molecular flexibility index (Phi) is 4.26. The van der Waals surface area contributed by atoms with E-state index in [2.05, 4.69) is 22.0 Å². The van der Waals surface area contributed by atoms with Crippen molar-refractivity contribution in [2.45, 2.75) is 12.3 Å². The summed E-state index contributed by atoms with van der Waals surface area (Å²) in [6.07, 6.45) is 0. The van der Waals surface area contributed by atoms with Gasteiger partial charge < -0.3 is 9.47 Å². The lowest BCUT2D eigenvalue weighted by molar-refractivity contribution is 0.411. The fourth-order valence-corrected chi connectivity index (χ4v) is 1.94. The van der Waals surface area contributed by atoms with Crippen LogP contribution in [-0.4, -0.2) is 7.11 Å². The number of aryl methyl sites for hydroxylation is 1. The van der Waals surface area contributed by atoms with E-state index in [1.54, 1.807) is 7.11 Å². The van der Waals surface area contributed by atoms with Gasteiger partial charge in [0.1, 0.15) is 17.2 Å². The van der Waals surface area contributed by atoms with Crippen molar-refractivity contribution in [2.75, 3.05) is 7.11 Å². The lowest BCUT2D eigenvalue weighted by Crippen LogP contribution is -1.90. The highest BCUT2D eigenvalue weighted by Crippen LogP contribution is 2.27. The number of halogens is 1. The van der Waals surface area contributed by atoms with Gasteiger partial charge in [0.05, 0.1) is 7.11 Å². The third-order valence-corrected chi connectivity index (χ3v) is 3.24. The van der Waals surface area contributed by atoms with E-state index >= 15 is 0 Å². The molecule has 0 aliphatic carbocycles. The van der Waals surface area contributed by atoms with E-state index in [0.717, 1.165) is 28.1 Å². The van der Waals surface area contributed by atoms with Crippen molar-refractivity contribution >= 4 is 15.9 Å². The van der Waals surface area contributed by atoms with Gasteiger partial charge in [-0.1, -0.05) is 28.1 Å². The summed E-state index contributed by atoms with van der Waals surface area (Å²) in [6.45, 7) is 1.95. The second-order valence-corrected chi connectivity index (χ2v) is 4.46. The van der Waals surface area contributed by atoms with Crippen LogP contribution in [0.25, 0.3) is 0 Å². The van der Waals surface area contributed by atoms with Gasteiger partial charge in [-0.25, -0.2) is 0 Å². The van der Waals surface area contributed by atoms with Crippen LogP contribution in [-0.2, 0) is 5.33 Å². The molecular formula is C15H14BrO2. The number of hydrogen-bond acceptors (Lipinski definition) is 2. The van der Waals surface area contributed by atoms with Gasteiger partial charge in [-0.05, 0) is 36.8 Å². The lowest BCUT2D eigenvalue weighted by Gasteiger charge is -2.10. The maximum absolute atomic E-state index is 5.81. The van der Waals surface area contributed by atoms with E-state index < -0.39 is 0 Å². The highest BCUT2D eigenvalue weighted by atomic mass is 79.9. The van der Waals surface area contributed by atoms with E-state index in [9.17, 15) is 0 Å². The van der Waals surface area contributed by atoms with Crippen molar-refractivity contribution in [2.24, 2.45) is 0 Å². The number of rotatable bonds is 4. The minimum atomic E-state index is 0.717. The number of methoxy groups -OCH3 is 1. The molecule has 0 unspecified atom stereocenters. The standard InChI is InChI=1S/C15H14BrO2/c1-11-9-14(17-2)7-8-15(11)18-13-5-3-12(10-16)4-6-13/h3-8H,10H2,1-2H3. The molecule has 3 heteroatoms. The quantitative estimate of drug-likeness (QED) is 0.775. The molecule has 0 saturated carbocycles.